The molecule has 9 nitrogen and oxygen atoms in total. The molecule has 0 radical (unpaired) electrons. The SMILES string of the molecule is COc1cc(/C=C2\CCCN3C2=NO[C@]3(CN(C)C(=O)O)c2ccc(F)cc2)ccc1-n1cnc(C)c1. The second kappa shape index (κ2) is 9.61. The number of likely N-dealkylation sites (N-methyl/N-ethyl adjacent to an activating group) is 1. The first-order valence-corrected chi connectivity index (χ1v) is 11.9. The highest BCUT2D eigenvalue weighted by atomic mass is 19.1. The van der Waals surface area contributed by atoms with Crippen molar-refractivity contribution in [2.24, 2.45) is 5.16 Å². The molecule has 10 heteroatoms. The summed E-state index contributed by atoms with van der Waals surface area (Å²) in [5.74, 6) is 0.961. The number of aromatic nitrogens is 2. The van der Waals surface area contributed by atoms with Crippen molar-refractivity contribution in [3.05, 3.63) is 83.2 Å². The molecule has 5 rings (SSSR count). The number of hydrogen-bond donors (Lipinski definition) is 1. The number of amides is 1. The van der Waals surface area contributed by atoms with Gasteiger partial charge in [-0.2, -0.15) is 0 Å². The average Bonchev–Trinajstić information content (AvgIpc) is 3.49. The summed E-state index contributed by atoms with van der Waals surface area (Å²) >= 11 is 0. The van der Waals surface area contributed by atoms with E-state index in [4.69, 9.17) is 9.57 Å². The fourth-order valence-electron chi connectivity index (χ4n) is 4.85. The van der Waals surface area contributed by atoms with Crippen molar-refractivity contribution >= 4 is 18.0 Å². The van der Waals surface area contributed by atoms with Gasteiger partial charge in [0.15, 0.2) is 5.84 Å². The van der Waals surface area contributed by atoms with Gasteiger partial charge in [-0.3, -0.25) is 0 Å². The van der Waals surface area contributed by atoms with E-state index in [2.05, 4.69) is 10.1 Å². The first-order valence-electron chi connectivity index (χ1n) is 11.9. The summed E-state index contributed by atoms with van der Waals surface area (Å²) in [7, 11) is 3.11. The van der Waals surface area contributed by atoms with Crippen molar-refractivity contribution in [3.63, 3.8) is 0 Å². The van der Waals surface area contributed by atoms with Gasteiger partial charge in [-0.1, -0.05) is 11.2 Å². The van der Waals surface area contributed by atoms with Crippen LogP contribution >= 0.6 is 0 Å². The Balaban J connectivity index is 1.50. The highest BCUT2D eigenvalue weighted by molar-refractivity contribution is 6.03. The normalized spacial score (nSPS) is 19.8. The second-order valence-corrected chi connectivity index (χ2v) is 9.21. The minimum Gasteiger partial charge on any atom is -0.495 e. The van der Waals surface area contributed by atoms with E-state index >= 15 is 0 Å². The predicted molar refractivity (Wildman–Crippen MR) is 136 cm³/mol. The molecule has 3 aromatic rings. The topological polar surface area (TPSA) is 92.4 Å². The zero-order chi connectivity index (χ0) is 26.2. The standard InChI is InChI=1S/C27H28FN5O4/c1-18-15-32(17-29-18)23-11-6-19(14-24(23)36-3)13-20-5-4-12-33-25(20)30-37-27(33,16-31(2)26(34)35)21-7-9-22(28)10-8-21/h6-11,13-15,17H,4-5,12,16H2,1-3H3,(H,34,35)/b20-13+/t27-/m1/s1. The minimum atomic E-state index is -1.20. The fraction of sp³-hybridized carbons (Fsp3) is 0.296. The zero-order valence-corrected chi connectivity index (χ0v) is 20.9. The van der Waals surface area contributed by atoms with Crippen LogP contribution < -0.4 is 4.74 Å². The molecular weight excluding hydrogens is 477 g/mol. The number of ether oxygens (including phenoxy) is 1. The lowest BCUT2D eigenvalue weighted by Gasteiger charge is -2.41. The molecule has 1 atom stereocenters. The molecule has 1 amide bonds. The third kappa shape index (κ3) is 4.50. The summed E-state index contributed by atoms with van der Waals surface area (Å²) in [6.07, 6.45) is 6.23. The number of fused-ring (bicyclic) bond motifs is 1. The minimum absolute atomic E-state index is 0.00108. The van der Waals surface area contributed by atoms with E-state index in [1.54, 1.807) is 25.6 Å². The number of methoxy groups -OCH3 is 1. The van der Waals surface area contributed by atoms with Crippen molar-refractivity contribution in [1.82, 2.24) is 19.4 Å². The maximum atomic E-state index is 13.7. The number of aryl methyl sites for hydroxylation is 1. The zero-order valence-electron chi connectivity index (χ0n) is 20.9. The Kier molecular flexibility index (Phi) is 6.32. The van der Waals surface area contributed by atoms with Crippen LogP contribution in [0.3, 0.4) is 0 Å². The molecule has 2 aliphatic rings. The molecule has 37 heavy (non-hydrogen) atoms. The van der Waals surface area contributed by atoms with Crippen molar-refractivity contribution in [3.8, 4) is 11.4 Å². The highest BCUT2D eigenvalue weighted by Crippen LogP contribution is 2.41. The van der Waals surface area contributed by atoms with Gasteiger partial charge in [0, 0.05) is 25.4 Å². The number of hydrogen-bond acceptors (Lipinski definition) is 6. The quantitative estimate of drug-likeness (QED) is 0.526. The van der Waals surface area contributed by atoms with E-state index in [0.717, 1.165) is 40.3 Å². The second-order valence-electron chi connectivity index (χ2n) is 9.21. The summed E-state index contributed by atoms with van der Waals surface area (Å²) in [6, 6.07) is 11.8. The highest BCUT2D eigenvalue weighted by Gasteiger charge is 2.50. The predicted octanol–water partition coefficient (Wildman–Crippen LogP) is 4.61. The van der Waals surface area contributed by atoms with Crippen LogP contribution in [0.15, 0.2) is 65.7 Å². The van der Waals surface area contributed by atoms with Gasteiger partial charge in [0.05, 0.1) is 31.4 Å². The molecule has 0 aliphatic carbocycles. The lowest BCUT2D eigenvalue weighted by Crippen LogP contribution is -2.55. The first-order chi connectivity index (χ1) is 17.8. The summed E-state index contributed by atoms with van der Waals surface area (Å²) in [5.41, 5.74) is 3.11. The number of piperidine rings is 1. The van der Waals surface area contributed by atoms with Crippen LogP contribution in [-0.4, -0.2) is 63.6 Å². The van der Waals surface area contributed by atoms with Crippen LogP contribution in [0.25, 0.3) is 11.8 Å². The first kappa shape index (κ1) is 24.4. The number of amidine groups is 1. The molecule has 2 aliphatic heterocycles. The van der Waals surface area contributed by atoms with E-state index < -0.39 is 11.8 Å². The number of benzene rings is 2. The van der Waals surface area contributed by atoms with Gasteiger partial charge in [-0.15, -0.1) is 0 Å². The van der Waals surface area contributed by atoms with E-state index in [-0.39, 0.29) is 12.4 Å². The van der Waals surface area contributed by atoms with Gasteiger partial charge in [0.2, 0.25) is 0 Å². The van der Waals surface area contributed by atoms with Gasteiger partial charge in [-0.25, -0.2) is 14.2 Å². The molecule has 1 saturated heterocycles. The molecule has 3 heterocycles. The summed E-state index contributed by atoms with van der Waals surface area (Å²) < 4.78 is 21.3. The van der Waals surface area contributed by atoms with Crippen LogP contribution in [0.4, 0.5) is 9.18 Å². The lowest BCUT2D eigenvalue weighted by atomic mass is 9.94. The van der Waals surface area contributed by atoms with Gasteiger partial charge < -0.3 is 29.0 Å². The van der Waals surface area contributed by atoms with E-state index in [9.17, 15) is 14.3 Å². The van der Waals surface area contributed by atoms with Crippen molar-refractivity contribution in [1.29, 1.82) is 0 Å². The van der Waals surface area contributed by atoms with Gasteiger partial charge in [0.1, 0.15) is 11.6 Å². The van der Waals surface area contributed by atoms with E-state index in [1.165, 1.54) is 19.2 Å². The largest absolute Gasteiger partial charge is 0.495 e. The number of nitrogens with zero attached hydrogens (tertiary/aromatic N) is 5. The van der Waals surface area contributed by atoms with E-state index in [0.29, 0.717) is 23.7 Å². The number of imidazole rings is 1. The van der Waals surface area contributed by atoms with Crippen LogP contribution in [0.2, 0.25) is 0 Å². The van der Waals surface area contributed by atoms with Crippen LogP contribution in [0.1, 0.15) is 29.7 Å². The van der Waals surface area contributed by atoms with Gasteiger partial charge >= 0.3 is 6.09 Å². The Morgan fingerprint density at radius 2 is 2.08 bits per heavy atom. The fourth-order valence-corrected chi connectivity index (χ4v) is 4.85. The Hall–Kier alpha value is -4.34. The van der Waals surface area contributed by atoms with E-state index in [1.807, 2.05) is 46.9 Å². The van der Waals surface area contributed by atoms with Crippen LogP contribution in [-0.2, 0) is 10.6 Å². The molecule has 0 spiro atoms. The monoisotopic (exact) mass is 505 g/mol. The number of carboxylic acid groups (broad SMARTS) is 1. The lowest BCUT2D eigenvalue weighted by molar-refractivity contribution is -0.118. The average molecular weight is 506 g/mol. The summed E-state index contributed by atoms with van der Waals surface area (Å²) in [5, 5.41) is 14.0. The number of rotatable bonds is 6. The molecule has 1 fully saturated rings. The maximum absolute atomic E-state index is 13.7. The summed E-state index contributed by atoms with van der Waals surface area (Å²) in [4.78, 5) is 25.2. The van der Waals surface area contributed by atoms with Crippen molar-refractivity contribution in [2.75, 3.05) is 27.2 Å². The third-order valence-electron chi connectivity index (χ3n) is 6.70. The Labute approximate surface area is 214 Å². The Morgan fingerprint density at radius 1 is 1.30 bits per heavy atom. The smallest absolute Gasteiger partial charge is 0.407 e. The van der Waals surface area contributed by atoms with Gasteiger partial charge in [-0.05, 0) is 73.4 Å². The molecule has 1 N–H and O–H groups in total. The van der Waals surface area contributed by atoms with Gasteiger partial charge in [0.25, 0.3) is 5.72 Å². The Bertz CT molecular complexity index is 1380. The molecule has 0 saturated carbocycles. The molecule has 0 bridgehead atoms. The number of halogens is 1. The van der Waals surface area contributed by atoms with Crippen molar-refractivity contribution < 1.29 is 23.9 Å². The Morgan fingerprint density at radius 3 is 2.76 bits per heavy atom. The third-order valence-corrected chi connectivity index (χ3v) is 6.70. The van der Waals surface area contributed by atoms with Crippen molar-refractivity contribution in [2.45, 2.75) is 25.5 Å². The van der Waals surface area contributed by atoms with Crippen LogP contribution in [0.5, 0.6) is 5.75 Å². The molecule has 1 aromatic heterocycles. The molecule has 2 aromatic carbocycles. The maximum Gasteiger partial charge on any atom is 0.407 e. The summed E-state index contributed by atoms with van der Waals surface area (Å²) in [6.45, 7) is 2.55. The molecule has 192 valence electrons. The number of oxime groups is 1. The number of carbonyl (C=O) groups is 1. The van der Waals surface area contributed by atoms with Crippen LogP contribution in [0, 0.1) is 12.7 Å². The molecular formula is C27H28FN5O4. The molecule has 0 unspecified atom stereocenters.